The number of rotatable bonds is 9. The molecular weight excluding hydrogens is 192 g/mol. The van der Waals surface area contributed by atoms with Gasteiger partial charge in [-0.05, 0) is 6.42 Å². The number of halogens is 2. The molecule has 1 unspecified atom stereocenters. The van der Waals surface area contributed by atoms with Gasteiger partial charge in [-0.2, -0.15) is 0 Å². The van der Waals surface area contributed by atoms with Gasteiger partial charge in [0.15, 0.2) is 0 Å². The summed E-state index contributed by atoms with van der Waals surface area (Å²) >= 11 is 0. The third-order valence-electron chi connectivity index (χ3n) is 1.71. The summed E-state index contributed by atoms with van der Waals surface area (Å²) < 4.78 is 28.8. The number of unbranched alkanes of at least 4 members (excludes halogenated alkanes) is 1. The standard InChI is InChI=1S/C9H19F2NO2/c1-2-3-5-14-6-4-12-7-8(13)9(10)11/h8-9,12-13H,2-7H2,1H3. The van der Waals surface area contributed by atoms with Crippen LogP contribution in [0.1, 0.15) is 19.8 Å². The second kappa shape index (κ2) is 9.30. The highest BCUT2D eigenvalue weighted by atomic mass is 19.3. The minimum Gasteiger partial charge on any atom is -0.386 e. The van der Waals surface area contributed by atoms with Crippen molar-refractivity contribution in [2.75, 3.05) is 26.3 Å². The summed E-state index contributed by atoms with van der Waals surface area (Å²) in [4.78, 5) is 0. The van der Waals surface area contributed by atoms with E-state index >= 15 is 0 Å². The van der Waals surface area contributed by atoms with E-state index in [1.807, 2.05) is 0 Å². The average Bonchev–Trinajstić information content (AvgIpc) is 2.16. The molecule has 0 rings (SSSR count). The van der Waals surface area contributed by atoms with Crippen molar-refractivity contribution in [1.29, 1.82) is 0 Å². The van der Waals surface area contributed by atoms with Gasteiger partial charge in [-0.1, -0.05) is 13.3 Å². The van der Waals surface area contributed by atoms with Crippen LogP contribution < -0.4 is 5.32 Å². The van der Waals surface area contributed by atoms with Crippen LogP contribution in [-0.4, -0.2) is 43.9 Å². The van der Waals surface area contributed by atoms with Gasteiger partial charge in [-0.15, -0.1) is 0 Å². The number of alkyl halides is 2. The minimum absolute atomic E-state index is 0.0885. The normalized spacial score (nSPS) is 13.5. The van der Waals surface area contributed by atoms with Crippen LogP contribution in [0.3, 0.4) is 0 Å². The van der Waals surface area contributed by atoms with Crippen LogP contribution in [0.2, 0.25) is 0 Å². The maximum absolute atomic E-state index is 11.8. The number of hydrogen-bond acceptors (Lipinski definition) is 3. The Kier molecular flexibility index (Phi) is 9.13. The molecule has 14 heavy (non-hydrogen) atoms. The molecule has 86 valence electrons. The molecule has 0 fully saturated rings. The lowest BCUT2D eigenvalue weighted by Crippen LogP contribution is -2.33. The first-order valence-corrected chi connectivity index (χ1v) is 4.93. The Morgan fingerprint density at radius 2 is 2.07 bits per heavy atom. The SMILES string of the molecule is CCCCOCCNCC(O)C(F)F. The topological polar surface area (TPSA) is 41.5 Å². The lowest BCUT2D eigenvalue weighted by atomic mass is 10.3. The molecule has 0 aliphatic carbocycles. The maximum Gasteiger partial charge on any atom is 0.265 e. The summed E-state index contributed by atoms with van der Waals surface area (Å²) in [6.45, 7) is 3.68. The molecule has 1 atom stereocenters. The van der Waals surface area contributed by atoms with Gasteiger partial charge in [0.2, 0.25) is 0 Å². The summed E-state index contributed by atoms with van der Waals surface area (Å²) in [7, 11) is 0. The van der Waals surface area contributed by atoms with Crippen LogP contribution in [-0.2, 0) is 4.74 Å². The fourth-order valence-electron chi connectivity index (χ4n) is 0.832. The van der Waals surface area contributed by atoms with E-state index in [1.165, 1.54) is 0 Å². The molecule has 3 nitrogen and oxygen atoms in total. The summed E-state index contributed by atoms with van der Waals surface area (Å²) in [5.74, 6) is 0. The molecule has 0 radical (unpaired) electrons. The summed E-state index contributed by atoms with van der Waals surface area (Å²) in [5, 5.41) is 11.4. The predicted octanol–water partition coefficient (Wildman–Crippen LogP) is 1.02. The minimum atomic E-state index is -2.68. The van der Waals surface area contributed by atoms with E-state index < -0.39 is 12.5 Å². The fraction of sp³-hybridized carbons (Fsp3) is 1.00. The molecule has 0 amide bonds. The zero-order valence-electron chi connectivity index (χ0n) is 8.51. The lowest BCUT2D eigenvalue weighted by molar-refractivity contribution is -0.00413. The number of ether oxygens (including phenoxy) is 1. The average molecular weight is 211 g/mol. The molecule has 0 saturated carbocycles. The van der Waals surface area contributed by atoms with E-state index in [-0.39, 0.29) is 6.54 Å². The highest BCUT2D eigenvalue weighted by Gasteiger charge is 2.15. The Balaban J connectivity index is 3.06. The van der Waals surface area contributed by atoms with Crippen molar-refractivity contribution in [3.8, 4) is 0 Å². The van der Waals surface area contributed by atoms with Crippen LogP contribution in [0.15, 0.2) is 0 Å². The second-order valence-electron chi connectivity index (χ2n) is 3.07. The summed E-state index contributed by atoms with van der Waals surface area (Å²) in [5.41, 5.74) is 0. The van der Waals surface area contributed by atoms with E-state index in [0.717, 1.165) is 12.8 Å². The molecule has 0 aliphatic heterocycles. The van der Waals surface area contributed by atoms with Crippen molar-refractivity contribution in [1.82, 2.24) is 5.32 Å². The molecule has 0 saturated heterocycles. The Labute approximate surface area is 83.4 Å². The van der Waals surface area contributed by atoms with E-state index in [0.29, 0.717) is 19.8 Å². The molecule has 0 spiro atoms. The largest absolute Gasteiger partial charge is 0.386 e. The van der Waals surface area contributed by atoms with Gasteiger partial charge in [-0.3, -0.25) is 0 Å². The zero-order chi connectivity index (χ0) is 10.8. The van der Waals surface area contributed by atoms with Crippen molar-refractivity contribution in [2.24, 2.45) is 0 Å². The van der Waals surface area contributed by atoms with Gasteiger partial charge >= 0.3 is 0 Å². The highest BCUT2D eigenvalue weighted by molar-refractivity contribution is 4.60. The number of aliphatic hydroxyl groups is 1. The van der Waals surface area contributed by atoms with Crippen molar-refractivity contribution >= 4 is 0 Å². The first-order valence-electron chi connectivity index (χ1n) is 4.93. The van der Waals surface area contributed by atoms with Gasteiger partial charge in [0.1, 0.15) is 6.10 Å². The predicted molar refractivity (Wildman–Crippen MR) is 50.6 cm³/mol. The van der Waals surface area contributed by atoms with Crippen LogP contribution in [0, 0.1) is 0 Å². The quantitative estimate of drug-likeness (QED) is 0.559. The Bertz CT molecular complexity index is 125. The number of nitrogens with one attached hydrogen (secondary N) is 1. The first-order chi connectivity index (χ1) is 6.68. The van der Waals surface area contributed by atoms with Crippen molar-refractivity contribution < 1.29 is 18.6 Å². The molecule has 0 aromatic carbocycles. The molecule has 5 heteroatoms. The Morgan fingerprint density at radius 3 is 2.64 bits per heavy atom. The van der Waals surface area contributed by atoms with E-state index in [1.54, 1.807) is 0 Å². The maximum atomic E-state index is 11.8. The van der Waals surface area contributed by atoms with Gasteiger partial charge in [-0.25, -0.2) is 8.78 Å². The van der Waals surface area contributed by atoms with Crippen molar-refractivity contribution in [3.05, 3.63) is 0 Å². The first kappa shape index (κ1) is 13.7. The molecule has 0 heterocycles. The van der Waals surface area contributed by atoms with Crippen LogP contribution in [0.4, 0.5) is 8.78 Å². The smallest absolute Gasteiger partial charge is 0.265 e. The van der Waals surface area contributed by atoms with Gasteiger partial charge in [0, 0.05) is 19.7 Å². The summed E-state index contributed by atoms with van der Waals surface area (Å²) in [6.07, 6.45) is -2.16. The van der Waals surface area contributed by atoms with Gasteiger partial charge in [0.25, 0.3) is 6.43 Å². The number of hydrogen-bond donors (Lipinski definition) is 2. The van der Waals surface area contributed by atoms with Crippen LogP contribution in [0.25, 0.3) is 0 Å². The van der Waals surface area contributed by atoms with Crippen molar-refractivity contribution in [2.45, 2.75) is 32.3 Å². The molecule has 2 N–H and O–H groups in total. The Hall–Kier alpha value is -0.260. The second-order valence-corrected chi connectivity index (χ2v) is 3.07. The zero-order valence-corrected chi connectivity index (χ0v) is 8.51. The fourth-order valence-corrected chi connectivity index (χ4v) is 0.832. The molecule has 0 bridgehead atoms. The van der Waals surface area contributed by atoms with Crippen molar-refractivity contribution in [3.63, 3.8) is 0 Å². The van der Waals surface area contributed by atoms with E-state index in [9.17, 15) is 8.78 Å². The summed E-state index contributed by atoms with van der Waals surface area (Å²) in [6, 6.07) is 0. The molecule has 0 aromatic rings. The molecule has 0 aliphatic rings. The lowest BCUT2D eigenvalue weighted by Gasteiger charge is -2.10. The molecule has 0 aromatic heterocycles. The Morgan fingerprint density at radius 1 is 1.36 bits per heavy atom. The van der Waals surface area contributed by atoms with Gasteiger partial charge in [0.05, 0.1) is 6.61 Å². The van der Waals surface area contributed by atoms with Crippen LogP contribution in [0.5, 0.6) is 0 Å². The van der Waals surface area contributed by atoms with Crippen LogP contribution >= 0.6 is 0 Å². The number of aliphatic hydroxyl groups excluding tert-OH is 1. The monoisotopic (exact) mass is 211 g/mol. The van der Waals surface area contributed by atoms with Gasteiger partial charge < -0.3 is 15.2 Å². The highest BCUT2D eigenvalue weighted by Crippen LogP contribution is 1.97. The third kappa shape index (κ3) is 8.34. The van der Waals surface area contributed by atoms with E-state index in [4.69, 9.17) is 9.84 Å². The third-order valence-corrected chi connectivity index (χ3v) is 1.71. The molecular formula is C9H19F2NO2. The van der Waals surface area contributed by atoms with E-state index in [2.05, 4.69) is 12.2 Å².